The molecule has 2 N–H and O–H groups in total. The predicted octanol–water partition coefficient (Wildman–Crippen LogP) is 2.55. The van der Waals surface area contributed by atoms with Crippen molar-refractivity contribution in [3.8, 4) is 11.1 Å². The number of anilines is 1. The molecule has 1 atom stereocenters. The number of hydrogen-bond donors (Lipinski definition) is 2. The highest BCUT2D eigenvalue weighted by atomic mass is 16.4. The van der Waals surface area contributed by atoms with Crippen LogP contribution in [0.15, 0.2) is 41.1 Å². The van der Waals surface area contributed by atoms with Crippen molar-refractivity contribution in [2.24, 2.45) is 0 Å². The first-order chi connectivity index (χ1) is 12.1. The maximum absolute atomic E-state index is 11.1. The van der Waals surface area contributed by atoms with Gasteiger partial charge in [0.05, 0.1) is 6.10 Å². The standard InChI is InChI=1S/C18H17N3O4/c22-13-4-2-6-21(10-13)18-19-8-12(9-20-18)14-5-1-3-11-7-15(17(23)24)25-16(11)14/h1,3,5,7-9,13,22H,2,4,6,10H2,(H,23,24). The van der Waals surface area contributed by atoms with Gasteiger partial charge in [-0.15, -0.1) is 0 Å². The van der Waals surface area contributed by atoms with E-state index in [0.717, 1.165) is 35.9 Å². The van der Waals surface area contributed by atoms with E-state index in [1.54, 1.807) is 18.5 Å². The Kier molecular flexibility index (Phi) is 3.85. The van der Waals surface area contributed by atoms with Crippen LogP contribution in [0.3, 0.4) is 0 Å². The molecule has 0 amide bonds. The van der Waals surface area contributed by atoms with Crippen molar-refractivity contribution in [2.45, 2.75) is 18.9 Å². The van der Waals surface area contributed by atoms with Crippen LogP contribution in [0.5, 0.6) is 0 Å². The zero-order valence-corrected chi connectivity index (χ0v) is 13.4. The van der Waals surface area contributed by atoms with Gasteiger partial charge in [-0.25, -0.2) is 14.8 Å². The lowest BCUT2D eigenvalue weighted by Crippen LogP contribution is -2.39. The first kappa shape index (κ1) is 15.6. The molecule has 0 bridgehead atoms. The fourth-order valence-corrected chi connectivity index (χ4v) is 3.16. The van der Waals surface area contributed by atoms with Crippen molar-refractivity contribution < 1.29 is 19.4 Å². The molecule has 3 heterocycles. The summed E-state index contributed by atoms with van der Waals surface area (Å²) in [5, 5.41) is 19.6. The molecule has 1 aromatic carbocycles. The van der Waals surface area contributed by atoms with Gasteiger partial charge < -0.3 is 19.5 Å². The average Bonchev–Trinajstić information content (AvgIpc) is 3.06. The molecule has 2 aromatic heterocycles. The first-order valence-corrected chi connectivity index (χ1v) is 8.13. The van der Waals surface area contributed by atoms with Crippen LogP contribution in [0, 0.1) is 0 Å². The van der Waals surface area contributed by atoms with Gasteiger partial charge in [-0.1, -0.05) is 18.2 Å². The molecule has 1 saturated heterocycles. The molecule has 7 heteroatoms. The van der Waals surface area contributed by atoms with Crippen molar-refractivity contribution in [1.29, 1.82) is 0 Å². The van der Waals surface area contributed by atoms with E-state index in [2.05, 4.69) is 9.97 Å². The van der Waals surface area contributed by atoms with Gasteiger partial charge in [0, 0.05) is 42.0 Å². The molecular weight excluding hydrogens is 322 g/mol. The Morgan fingerprint density at radius 1 is 1.28 bits per heavy atom. The van der Waals surface area contributed by atoms with Crippen molar-refractivity contribution in [2.75, 3.05) is 18.0 Å². The van der Waals surface area contributed by atoms with E-state index in [0.29, 0.717) is 18.1 Å². The first-order valence-electron chi connectivity index (χ1n) is 8.13. The lowest BCUT2D eigenvalue weighted by molar-refractivity contribution is 0.0665. The lowest BCUT2D eigenvalue weighted by Gasteiger charge is -2.29. The number of fused-ring (bicyclic) bond motifs is 1. The number of nitrogens with zero attached hydrogens (tertiary/aromatic N) is 3. The zero-order valence-electron chi connectivity index (χ0n) is 13.4. The second kappa shape index (κ2) is 6.18. The summed E-state index contributed by atoms with van der Waals surface area (Å²) in [5.41, 5.74) is 2.00. The van der Waals surface area contributed by atoms with Crippen molar-refractivity contribution in [3.63, 3.8) is 0 Å². The summed E-state index contributed by atoms with van der Waals surface area (Å²) in [6, 6.07) is 7.00. The SMILES string of the molecule is O=C(O)c1cc2cccc(-c3cnc(N4CCCC(O)C4)nc3)c2o1. The minimum Gasteiger partial charge on any atom is -0.475 e. The second-order valence-corrected chi connectivity index (χ2v) is 6.15. The van der Waals surface area contributed by atoms with E-state index in [4.69, 9.17) is 9.52 Å². The normalized spacial score (nSPS) is 17.8. The Balaban J connectivity index is 1.68. The average molecular weight is 339 g/mol. The summed E-state index contributed by atoms with van der Waals surface area (Å²) in [4.78, 5) is 21.9. The van der Waals surface area contributed by atoms with Crippen LogP contribution < -0.4 is 4.90 Å². The number of aliphatic hydroxyl groups is 1. The van der Waals surface area contributed by atoms with Gasteiger partial charge in [0.2, 0.25) is 11.7 Å². The van der Waals surface area contributed by atoms with Crippen LogP contribution in [0.4, 0.5) is 5.95 Å². The van der Waals surface area contributed by atoms with E-state index in [-0.39, 0.29) is 11.9 Å². The summed E-state index contributed by atoms with van der Waals surface area (Å²) >= 11 is 0. The number of furan rings is 1. The number of aromatic nitrogens is 2. The number of aromatic carboxylic acids is 1. The van der Waals surface area contributed by atoms with Crippen LogP contribution >= 0.6 is 0 Å². The van der Waals surface area contributed by atoms with Gasteiger partial charge in [0.15, 0.2) is 0 Å². The lowest BCUT2D eigenvalue weighted by atomic mass is 10.1. The largest absolute Gasteiger partial charge is 0.475 e. The molecule has 1 aliphatic heterocycles. The molecule has 1 aliphatic rings. The Hall–Kier alpha value is -2.93. The Morgan fingerprint density at radius 3 is 2.80 bits per heavy atom. The second-order valence-electron chi connectivity index (χ2n) is 6.15. The van der Waals surface area contributed by atoms with Gasteiger partial charge in [0.1, 0.15) is 5.58 Å². The third kappa shape index (κ3) is 2.94. The number of carboxylic acids is 1. The Labute approximate surface area is 143 Å². The monoisotopic (exact) mass is 339 g/mol. The van der Waals surface area contributed by atoms with Crippen molar-refractivity contribution in [1.82, 2.24) is 9.97 Å². The highest BCUT2D eigenvalue weighted by Crippen LogP contribution is 2.31. The summed E-state index contributed by atoms with van der Waals surface area (Å²) in [7, 11) is 0. The van der Waals surface area contributed by atoms with Crippen LogP contribution in [-0.2, 0) is 0 Å². The minimum atomic E-state index is -1.10. The molecule has 7 nitrogen and oxygen atoms in total. The zero-order chi connectivity index (χ0) is 17.4. The number of benzene rings is 1. The summed E-state index contributed by atoms with van der Waals surface area (Å²) in [6.45, 7) is 1.36. The van der Waals surface area contributed by atoms with Gasteiger partial charge >= 0.3 is 5.97 Å². The van der Waals surface area contributed by atoms with E-state index in [9.17, 15) is 9.90 Å². The maximum atomic E-state index is 11.1. The molecule has 4 rings (SSSR count). The van der Waals surface area contributed by atoms with E-state index in [1.807, 2.05) is 17.0 Å². The third-order valence-corrected chi connectivity index (χ3v) is 4.38. The third-order valence-electron chi connectivity index (χ3n) is 4.38. The number of carbonyl (C=O) groups is 1. The molecule has 1 unspecified atom stereocenters. The Morgan fingerprint density at radius 2 is 2.08 bits per heavy atom. The smallest absolute Gasteiger partial charge is 0.371 e. The number of piperidine rings is 1. The number of rotatable bonds is 3. The fourth-order valence-electron chi connectivity index (χ4n) is 3.16. The number of carboxylic acid groups (broad SMARTS) is 1. The quantitative estimate of drug-likeness (QED) is 0.756. The summed E-state index contributed by atoms with van der Waals surface area (Å²) in [6.07, 6.45) is 4.77. The van der Waals surface area contributed by atoms with E-state index in [1.165, 1.54) is 6.07 Å². The van der Waals surface area contributed by atoms with E-state index >= 15 is 0 Å². The molecule has 25 heavy (non-hydrogen) atoms. The summed E-state index contributed by atoms with van der Waals surface area (Å²) in [5.74, 6) is -0.611. The molecular formula is C18H17N3O4. The predicted molar refractivity (Wildman–Crippen MR) is 91.7 cm³/mol. The van der Waals surface area contributed by atoms with Crippen LogP contribution in [0.1, 0.15) is 23.4 Å². The Bertz CT molecular complexity index is 920. The molecule has 0 spiro atoms. The molecule has 1 fully saturated rings. The van der Waals surface area contributed by atoms with E-state index < -0.39 is 5.97 Å². The van der Waals surface area contributed by atoms with Crippen LogP contribution in [0.25, 0.3) is 22.1 Å². The maximum Gasteiger partial charge on any atom is 0.371 e. The highest BCUT2D eigenvalue weighted by Gasteiger charge is 2.20. The number of hydrogen-bond acceptors (Lipinski definition) is 6. The summed E-state index contributed by atoms with van der Waals surface area (Å²) < 4.78 is 5.48. The topological polar surface area (TPSA) is 99.7 Å². The number of β-amino-alcohol motifs (C(OH)–C–C–N with tert-alkyl or cyclic N) is 1. The molecule has 128 valence electrons. The van der Waals surface area contributed by atoms with Gasteiger partial charge in [-0.3, -0.25) is 0 Å². The minimum absolute atomic E-state index is 0.0951. The molecule has 0 radical (unpaired) electrons. The van der Waals surface area contributed by atoms with Gasteiger partial charge in [0.25, 0.3) is 0 Å². The van der Waals surface area contributed by atoms with Crippen LogP contribution in [-0.4, -0.2) is 45.3 Å². The van der Waals surface area contributed by atoms with Crippen LogP contribution in [0.2, 0.25) is 0 Å². The number of para-hydroxylation sites is 1. The molecule has 0 aliphatic carbocycles. The molecule has 3 aromatic rings. The fraction of sp³-hybridized carbons (Fsp3) is 0.278. The number of aliphatic hydroxyl groups excluding tert-OH is 1. The molecule has 0 saturated carbocycles. The highest BCUT2D eigenvalue weighted by molar-refractivity contribution is 5.97. The van der Waals surface area contributed by atoms with Gasteiger partial charge in [-0.05, 0) is 18.9 Å². The van der Waals surface area contributed by atoms with Crippen molar-refractivity contribution in [3.05, 3.63) is 42.4 Å². The van der Waals surface area contributed by atoms with Crippen molar-refractivity contribution >= 4 is 22.9 Å². The van der Waals surface area contributed by atoms with Gasteiger partial charge in [-0.2, -0.15) is 0 Å².